The minimum atomic E-state index is -0.440. The summed E-state index contributed by atoms with van der Waals surface area (Å²) in [4.78, 5) is 23.8. The Morgan fingerprint density at radius 3 is 2.58 bits per heavy atom. The van der Waals surface area contributed by atoms with Gasteiger partial charge in [0.1, 0.15) is 13.2 Å². The maximum atomic E-state index is 11.9. The van der Waals surface area contributed by atoms with Gasteiger partial charge in [-0.1, -0.05) is 32.8 Å². The topological polar surface area (TPSA) is 73.9 Å². The van der Waals surface area contributed by atoms with Crippen molar-refractivity contribution in [3.05, 3.63) is 23.8 Å². The Kier molecular flexibility index (Phi) is 7.75. The molecule has 0 fully saturated rings. The number of fused-ring (bicyclic) bond motifs is 1. The van der Waals surface area contributed by atoms with Crippen LogP contribution in [0.3, 0.4) is 0 Å². The minimum Gasteiger partial charge on any atom is -0.486 e. The van der Waals surface area contributed by atoms with Gasteiger partial charge in [0.15, 0.2) is 18.1 Å². The zero-order chi connectivity index (χ0) is 18.9. The number of benzene rings is 1. The van der Waals surface area contributed by atoms with E-state index in [1.165, 1.54) is 0 Å². The Labute approximate surface area is 155 Å². The van der Waals surface area contributed by atoms with Crippen LogP contribution in [0.4, 0.5) is 0 Å². The van der Waals surface area contributed by atoms with E-state index < -0.39 is 5.97 Å². The normalized spacial score (nSPS) is 14.0. The van der Waals surface area contributed by atoms with E-state index in [-0.39, 0.29) is 25.0 Å². The molecule has 1 aromatic rings. The number of carbonyl (C=O) groups is 2. The first kappa shape index (κ1) is 20.1. The molecule has 2 rings (SSSR count). The van der Waals surface area contributed by atoms with Crippen LogP contribution in [0, 0.1) is 5.92 Å². The largest absolute Gasteiger partial charge is 0.486 e. The van der Waals surface area contributed by atoms with Crippen molar-refractivity contribution in [1.82, 2.24) is 5.32 Å². The van der Waals surface area contributed by atoms with Crippen LogP contribution in [0.5, 0.6) is 11.5 Å². The van der Waals surface area contributed by atoms with Crippen LogP contribution in [0.1, 0.15) is 45.6 Å². The Bertz CT molecular complexity index is 614. The SMILES string of the molecule is CC(C)CCCC(C)NC(=O)COC(=O)Cc1ccc2c(c1)OCCO2. The van der Waals surface area contributed by atoms with Gasteiger partial charge in [-0.15, -0.1) is 0 Å². The van der Waals surface area contributed by atoms with Crippen LogP contribution in [0.25, 0.3) is 0 Å². The summed E-state index contributed by atoms with van der Waals surface area (Å²) in [5.74, 6) is 1.27. The van der Waals surface area contributed by atoms with E-state index in [9.17, 15) is 9.59 Å². The molecule has 144 valence electrons. The number of carbonyl (C=O) groups excluding carboxylic acids is 2. The predicted octanol–water partition coefficient (Wildman–Crippen LogP) is 2.87. The van der Waals surface area contributed by atoms with Crippen LogP contribution in [0.2, 0.25) is 0 Å². The van der Waals surface area contributed by atoms with E-state index in [4.69, 9.17) is 14.2 Å². The van der Waals surface area contributed by atoms with Gasteiger partial charge in [0.2, 0.25) is 0 Å². The Hall–Kier alpha value is -2.24. The fourth-order valence-electron chi connectivity index (χ4n) is 2.78. The quantitative estimate of drug-likeness (QED) is 0.683. The highest BCUT2D eigenvalue weighted by atomic mass is 16.6. The highest BCUT2D eigenvalue weighted by molar-refractivity contribution is 5.81. The average Bonchev–Trinajstić information content (AvgIpc) is 2.59. The molecule has 1 atom stereocenters. The van der Waals surface area contributed by atoms with Gasteiger partial charge in [-0.3, -0.25) is 9.59 Å². The van der Waals surface area contributed by atoms with Crippen molar-refractivity contribution in [2.45, 2.75) is 52.5 Å². The van der Waals surface area contributed by atoms with Crippen molar-refractivity contribution in [3.63, 3.8) is 0 Å². The molecule has 0 bridgehead atoms. The van der Waals surface area contributed by atoms with Crippen molar-refractivity contribution >= 4 is 11.9 Å². The number of hydrogen-bond acceptors (Lipinski definition) is 5. The second-order valence-corrected chi connectivity index (χ2v) is 7.11. The fourth-order valence-corrected chi connectivity index (χ4v) is 2.78. The summed E-state index contributed by atoms with van der Waals surface area (Å²) < 4.78 is 16.0. The summed E-state index contributed by atoms with van der Waals surface area (Å²) in [7, 11) is 0. The van der Waals surface area contributed by atoms with Crippen molar-refractivity contribution in [1.29, 1.82) is 0 Å². The number of amides is 1. The Balaban J connectivity index is 1.68. The number of nitrogens with one attached hydrogen (secondary N) is 1. The molecular formula is C20H29NO5. The van der Waals surface area contributed by atoms with Gasteiger partial charge in [0.05, 0.1) is 6.42 Å². The molecule has 1 aromatic carbocycles. The van der Waals surface area contributed by atoms with Crippen LogP contribution in [-0.4, -0.2) is 37.7 Å². The van der Waals surface area contributed by atoms with Crippen molar-refractivity contribution in [2.24, 2.45) is 5.92 Å². The molecule has 0 aliphatic carbocycles. The van der Waals surface area contributed by atoms with Crippen molar-refractivity contribution in [2.75, 3.05) is 19.8 Å². The average molecular weight is 363 g/mol. The van der Waals surface area contributed by atoms with Gasteiger partial charge >= 0.3 is 5.97 Å². The van der Waals surface area contributed by atoms with E-state index in [0.29, 0.717) is 30.6 Å². The van der Waals surface area contributed by atoms with E-state index in [2.05, 4.69) is 19.2 Å². The smallest absolute Gasteiger partial charge is 0.310 e. The minimum absolute atomic E-state index is 0.0812. The zero-order valence-corrected chi connectivity index (χ0v) is 15.9. The second kappa shape index (κ2) is 10.0. The van der Waals surface area contributed by atoms with Gasteiger partial charge in [-0.25, -0.2) is 0 Å². The molecule has 1 N–H and O–H groups in total. The third-order valence-electron chi connectivity index (χ3n) is 4.15. The van der Waals surface area contributed by atoms with Crippen LogP contribution < -0.4 is 14.8 Å². The lowest BCUT2D eigenvalue weighted by Gasteiger charge is -2.18. The fraction of sp³-hybridized carbons (Fsp3) is 0.600. The zero-order valence-electron chi connectivity index (χ0n) is 15.9. The van der Waals surface area contributed by atoms with Gasteiger partial charge in [0, 0.05) is 6.04 Å². The molecule has 1 aliphatic rings. The van der Waals surface area contributed by atoms with Crippen LogP contribution in [-0.2, 0) is 20.7 Å². The van der Waals surface area contributed by atoms with Crippen molar-refractivity contribution < 1.29 is 23.8 Å². The summed E-state index contributed by atoms with van der Waals surface area (Å²) in [6, 6.07) is 5.43. The Morgan fingerprint density at radius 2 is 1.85 bits per heavy atom. The summed E-state index contributed by atoms with van der Waals surface area (Å²) in [6.07, 6.45) is 3.23. The van der Waals surface area contributed by atoms with Gasteiger partial charge < -0.3 is 19.5 Å². The standard InChI is InChI=1S/C20H29NO5/c1-14(2)5-4-6-15(3)21-19(22)13-26-20(23)12-16-7-8-17-18(11-16)25-10-9-24-17/h7-8,11,14-15H,4-6,9-10,12-13H2,1-3H3,(H,21,22). The maximum Gasteiger partial charge on any atom is 0.310 e. The number of esters is 1. The highest BCUT2D eigenvalue weighted by Gasteiger charge is 2.15. The first-order valence-corrected chi connectivity index (χ1v) is 9.27. The molecule has 1 aliphatic heterocycles. The third kappa shape index (κ3) is 6.94. The van der Waals surface area contributed by atoms with E-state index >= 15 is 0 Å². The monoisotopic (exact) mass is 363 g/mol. The molecule has 0 saturated heterocycles. The molecule has 6 nitrogen and oxygen atoms in total. The summed E-state index contributed by atoms with van der Waals surface area (Å²) in [6.45, 7) is 7.11. The molecule has 1 heterocycles. The van der Waals surface area contributed by atoms with Crippen LogP contribution in [0.15, 0.2) is 18.2 Å². The summed E-state index contributed by atoms with van der Waals surface area (Å²) in [5.41, 5.74) is 0.765. The first-order valence-electron chi connectivity index (χ1n) is 9.27. The lowest BCUT2D eigenvalue weighted by atomic mass is 10.0. The molecule has 6 heteroatoms. The summed E-state index contributed by atoms with van der Waals surface area (Å²) >= 11 is 0. The molecular weight excluding hydrogens is 334 g/mol. The number of ether oxygens (including phenoxy) is 3. The number of rotatable bonds is 9. The lowest BCUT2D eigenvalue weighted by Crippen LogP contribution is -2.36. The Morgan fingerprint density at radius 1 is 1.12 bits per heavy atom. The molecule has 0 spiro atoms. The predicted molar refractivity (Wildman–Crippen MR) is 98.4 cm³/mol. The first-order chi connectivity index (χ1) is 12.4. The van der Waals surface area contributed by atoms with E-state index in [1.807, 2.05) is 6.92 Å². The molecule has 0 saturated carbocycles. The van der Waals surface area contributed by atoms with Crippen LogP contribution >= 0.6 is 0 Å². The molecule has 0 radical (unpaired) electrons. The summed E-state index contributed by atoms with van der Waals surface area (Å²) in [5, 5.41) is 2.86. The van der Waals surface area contributed by atoms with Gasteiger partial charge in [-0.05, 0) is 37.0 Å². The highest BCUT2D eigenvalue weighted by Crippen LogP contribution is 2.30. The molecule has 26 heavy (non-hydrogen) atoms. The molecule has 1 amide bonds. The third-order valence-corrected chi connectivity index (χ3v) is 4.15. The number of hydrogen-bond donors (Lipinski definition) is 1. The van der Waals surface area contributed by atoms with E-state index in [0.717, 1.165) is 24.8 Å². The maximum absolute atomic E-state index is 11.9. The van der Waals surface area contributed by atoms with Crippen molar-refractivity contribution in [3.8, 4) is 11.5 Å². The van der Waals surface area contributed by atoms with Gasteiger partial charge in [0.25, 0.3) is 5.91 Å². The molecule has 0 aromatic heterocycles. The lowest BCUT2D eigenvalue weighted by molar-refractivity contribution is -0.148. The van der Waals surface area contributed by atoms with Gasteiger partial charge in [-0.2, -0.15) is 0 Å². The second-order valence-electron chi connectivity index (χ2n) is 7.11. The molecule has 1 unspecified atom stereocenters. The van der Waals surface area contributed by atoms with E-state index in [1.54, 1.807) is 18.2 Å².